The summed E-state index contributed by atoms with van der Waals surface area (Å²) in [5, 5.41) is 0. The molecule has 0 aliphatic heterocycles. The van der Waals surface area contributed by atoms with Gasteiger partial charge in [0, 0.05) is 17.6 Å². The van der Waals surface area contributed by atoms with Gasteiger partial charge >= 0.3 is 0 Å². The summed E-state index contributed by atoms with van der Waals surface area (Å²) in [6.07, 6.45) is 0. The highest BCUT2D eigenvalue weighted by Crippen LogP contribution is 2.22. The summed E-state index contributed by atoms with van der Waals surface area (Å²) < 4.78 is 3.28. The van der Waals surface area contributed by atoms with Gasteiger partial charge in [0.05, 0.1) is 16.9 Å². The topological polar surface area (TPSA) is 21.1 Å². The Morgan fingerprint density at radius 3 is 2.89 bits per heavy atom. The summed E-state index contributed by atoms with van der Waals surface area (Å²) in [7, 11) is 2.12. The van der Waals surface area contributed by atoms with E-state index in [-0.39, 0.29) is 0 Å². The monoisotopic (exact) mass is 329 g/mol. The van der Waals surface area contributed by atoms with E-state index in [1.165, 1.54) is 0 Å². The fourth-order valence-electron chi connectivity index (χ4n) is 1.93. The van der Waals surface area contributed by atoms with Crippen molar-refractivity contribution in [2.45, 2.75) is 19.3 Å². The minimum atomic E-state index is 0.447. The van der Waals surface area contributed by atoms with Crippen molar-refractivity contribution < 1.29 is 0 Å². The minimum absolute atomic E-state index is 0.447. The Hall–Kier alpha value is -0.580. The van der Waals surface area contributed by atoms with E-state index in [1.54, 1.807) is 0 Å². The van der Waals surface area contributed by atoms with Crippen LogP contribution in [0.15, 0.2) is 22.7 Å². The molecular formula is C13H17BrClN3. The van der Waals surface area contributed by atoms with Gasteiger partial charge in [-0.05, 0) is 31.8 Å². The Labute approximate surface area is 121 Å². The minimum Gasteiger partial charge on any atom is -0.326 e. The van der Waals surface area contributed by atoms with Crippen LogP contribution in [0.25, 0.3) is 11.0 Å². The first kappa shape index (κ1) is 13.8. The molecule has 0 N–H and O–H groups in total. The third-order valence-electron chi connectivity index (χ3n) is 3.15. The molecule has 5 heteroatoms. The first-order valence-electron chi connectivity index (χ1n) is 6.05. The molecule has 0 bridgehead atoms. The largest absolute Gasteiger partial charge is 0.326 e. The average molecular weight is 331 g/mol. The van der Waals surface area contributed by atoms with Gasteiger partial charge in [-0.1, -0.05) is 22.9 Å². The van der Waals surface area contributed by atoms with E-state index in [0.29, 0.717) is 5.88 Å². The molecular weight excluding hydrogens is 314 g/mol. The number of nitrogens with zero attached hydrogens (tertiary/aromatic N) is 3. The highest BCUT2D eigenvalue weighted by atomic mass is 79.9. The number of likely N-dealkylation sites (N-methyl/N-ethyl adjacent to an activating group) is 1. The van der Waals surface area contributed by atoms with Crippen LogP contribution in [0, 0.1) is 0 Å². The molecule has 3 nitrogen and oxygen atoms in total. The first-order valence-corrected chi connectivity index (χ1v) is 7.37. The third-order valence-corrected chi connectivity index (χ3v) is 3.89. The highest BCUT2D eigenvalue weighted by molar-refractivity contribution is 9.10. The number of fused-ring (bicyclic) bond motifs is 1. The van der Waals surface area contributed by atoms with E-state index in [1.807, 2.05) is 12.1 Å². The van der Waals surface area contributed by atoms with Crippen LogP contribution in [0.2, 0.25) is 0 Å². The second-order valence-electron chi connectivity index (χ2n) is 4.34. The maximum atomic E-state index is 5.98. The molecule has 1 aromatic heterocycles. The lowest BCUT2D eigenvalue weighted by molar-refractivity contribution is 0.335. The van der Waals surface area contributed by atoms with Crippen molar-refractivity contribution in [2.75, 3.05) is 20.1 Å². The zero-order valence-corrected chi connectivity index (χ0v) is 13.0. The smallest absolute Gasteiger partial charge is 0.124 e. The van der Waals surface area contributed by atoms with Crippen molar-refractivity contribution >= 4 is 38.6 Å². The number of rotatable bonds is 5. The molecule has 0 fully saturated rings. The van der Waals surface area contributed by atoms with Crippen LogP contribution < -0.4 is 0 Å². The molecule has 1 heterocycles. The summed E-state index contributed by atoms with van der Waals surface area (Å²) in [6, 6.07) is 6.13. The maximum Gasteiger partial charge on any atom is 0.124 e. The predicted molar refractivity (Wildman–Crippen MR) is 80.2 cm³/mol. The maximum absolute atomic E-state index is 5.98. The average Bonchev–Trinajstić information content (AvgIpc) is 2.73. The van der Waals surface area contributed by atoms with E-state index >= 15 is 0 Å². The number of alkyl halides is 1. The van der Waals surface area contributed by atoms with Crippen molar-refractivity contribution in [3.05, 3.63) is 28.5 Å². The molecule has 98 valence electrons. The molecule has 0 amide bonds. The van der Waals surface area contributed by atoms with Gasteiger partial charge in [-0.2, -0.15) is 0 Å². The molecule has 2 rings (SSSR count). The van der Waals surface area contributed by atoms with Crippen LogP contribution in [0.3, 0.4) is 0 Å². The quantitative estimate of drug-likeness (QED) is 0.783. The number of halogens is 2. The Kier molecular flexibility index (Phi) is 4.65. The molecule has 0 saturated carbocycles. The molecule has 0 aliphatic carbocycles. The molecule has 0 saturated heterocycles. The van der Waals surface area contributed by atoms with Crippen molar-refractivity contribution in [1.29, 1.82) is 0 Å². The lowest BCUT2D eigenvalue weighted by Crippen LogP contribution is -2.23. The number of benzene rings is 1. The Bertz CT molecular complexity index is 538. The van der Waals surface area contributed by atoms with E-state index in [4.69, 9.17) is 11.6 Å². The number of hydrogen-bond donors (Lipinski definition) is 0. The SMILES string of the molecule is CCN(C)CCn1c(CCl)nc2ccc(Br)cc21. The van der Waals surface area contributed by atoms with Crippen LogP contribution in [0.1, 0.15) is 12.7 Å². The molecule has 18 heavy (non-hydrogen) atoms. The second-order valence-corrected chi connectivity index (χ2v) is 5.53. The summed E-state index contributed by atoms with van der Waals surface area (Å²) >= 11 is 9.49. The number of aromatic nitrogens is 2. The Balaban J connectivity index is 2.36. The normalized spacial score (nSPS) is 11.6. The number of imidazole rings is 1. The lowest BCUT2D eigenvalue weighted by atomic mass is 10.3. The second kappa shape index (κ2) is 6.04. The number of hydrogen-bond acceptors (Lipinski definition) is 2. The van der Waals surface area contributed by atoms with E-state index in [2.05, 4.69) is 50.4 Å². The van der Waals surface area contributed by atoms with Crippen LogP contribution >= 0.6 is 27.5 Å². The van der Waals surface area contributed by atoms with E-state index in [9.17, 15) is 0 Å². The Morgan fingerprint density at radius 2 is 2.22 bits per heavy atom. The zero-order chi connectivity index (χ0) is 13.1. The first-order chi connectivity index (χ1) is 8.65. The van der Waals surface area contributed by atoms with Gasteiger partial charge in [0.1, 0.15) is 5.82 Å². The van der Waals surface area contributed by atoms with Crippen molar-refractivity contribution in [1.82, 2.24) is 14.5 Å². The van der Waals surface area contributed by atoms with Crippen molar-refractivity contribution in [3.8, 4) is 0 Å². The molecule has 0 unspecified atom stereocenters. The molecule has 0 aliphatic rings. The highest BCUT2D eigenvalue weighted by Gasteiger charge is 2.10. The molecule has 0 atom stereocenters. The van der Waals surface area contributed by atoms with Crippen molar-refractivity contribution in [2.24, 2.45) is 0 Å². The van der Waals surface area contributed by atoms with Crippen LogP contribution in [-0.4, -0.2) is 34.6 Å². The molecule has 0 radical (unpaired) electrons. The predicted octanol–water partition coefficient (Wildman–Crippen LogP) is 3.49. The summed E-state index contributed by atoms with van der Waals surface area (Å²) in [6.45, 7) is 5.12. The molecule has 0 spiro atoms. The van der Waals surface area contributed by atoms with Gasteiger partial charge < -0.3 is 9.47 Å². The van der Waals surface area contributed by atoms with Gasteiger partial charge in [-0.15, -0.1) is 11.6 Å². The van der Waals surface area contributed by atoms with Crippen LogP contribution in [0.5, 0.6) is 0 Å². The van der Waals surface area contributed by atoms with Gasteiger partial charge in [-0.25, -0.2) is 4.98 Å². The van der Waals surface area contributed by atoms with Gasteiger partial charge in [0.25, 0.3) is 0 Å². The van der Waals surface area contributed by atoms with Gasteiger partial charge in [0.15, 0.2) is 0 Å². The summed E-state index contributed by atoms with van der Waals surface area (Å²) in [4.78, 5) is 6.85. The summed E-state index contributed by atoms with van der Waals surface area (Å²) in [5.74, 6) is 1.39. The summed E-state index contributed by atoms with van der Waals surface area (Å²) in [5.41, 5.74) is 2.15. The standard InChI is InChI=1S/C13H17BrClN3/c1-3-17(2)6-7-18-12-8-10(14)4-5-11(12)16-13(18)9-15/h4-5,8H,3,6-7,9H2,1-2H3. The van der Waals surface area contributed by atoms with Crippen LogP contribution in [-0.2, 0) is 12.4 Å². The fraction of sp³-hybridized carbons (Fsp3) is 0.462. The molecule has 1 aromatic carbocycles. The van der Waals surface area contributed by atoms with E-state index < -0.39 is 0 Å². The lowest BCUT2D eigenvalue weighted by Gasteiger charge is -2.15. The van der Waals surface area contributed by atoms with Crippen molar-refractivity contribution in [3.63, 3.8) is 0 Å². The van der Waals surface area contributed by atoms with Gasteiger partial charge in [0.2, 0.25) is 0 Å². The third kappa shape index (κ3) is 2.87. The Morgan fingerprint density at radius 1 is 1.44 bits per heavy atom. The van der Waals surface area contributed by atoms with Crippen LogP contribution in [0.4, 0.5) is 0 Å². The van der Waals surface area contributed by atoms with E-state index in [0.717, 1.165) is 41.0 Å². The fourth-order valence-corrected chi connectivity index (χ4v) is 2.48. The molecule has 2 aromatic rings. The van der Waals surface area contributed by atoms with Gasteiger partial charge in [-0.3, -0.25) is 0 Å². The zero-order valence-electron chi connectivity index (χ0n) is 10.7.